The van der Waals surface area contributed by atoms with Crippen LogP contribution in [-0.2, 0) is 0 Å². The lowest BCUT2D eigenvalue weighted by Gasteiger charge is -2.34. The topological polar surface area (TPSA) is 82.2 Å². The monoisotopic (exact) mass is 333 g/mol. The Morgan fingerprint density at radius 3 is 2.57 bits per heavy atom. The fourth-order valence-electron chi connectivity index (χ4n) is 2.57. The molecule has 1 amide bonds. The largest absolute Gasteiger partial charge is 0.343 e. The molecule has 23 heavy (non-hydrogen) atoms. The van der Waals surface area contributed by atoms with Gasteiger partial charge in [-0.25, -0.2) is 4.98 Å². The zero-order valence-corrected chi connectivity index (χ0v) is 14.0. The summed E-state index contributed by atoms with van der Waals surface area (Å²) in [7, 11) is 0. The first-order chi connectivity index (χ1) is 11.1. The van der Waals surface area contributed by atoms with Gasteiger partial charge in [-0.05, 0) is 18.1 Å². The Balaban J connectivity index is 1.69. The summed E-state index contributed by atoms with van der Waals surface area (Å²) in [5.74, 6) is 0.0146. The molecule has 0 aromatic carbocycles. The summed E-state index contributed by atoms with van der Waals surface area (Å²) >= 11 is 1.35. The number of hydrogen-bond donors (Lipinski definition) is 1. The maximum absolute atomic E-state index is 12.6. The van der Waals surface area contributed by atoms with Crippen molar-refractivity contribution in [2.24, 2.45) is 0 Å². The molecule has 3 heterocycles. The molecule has 2 aromatic heterocycles. The van der Waals surface area contributed by atoms with Crippen LogP contribution in [0.1, 0.15) is 35.8 Å². The first-order valence-corrected chi connectivity index (χ1v) is 8.37. The molecule has 0 aliphatic carbocycles. The molecule has 122 valence electrons. The molecule has 1 aliphatic rings. The van der Waals surface area contributed by atoms with E-state index in [4.69, 9.17) is 0 Å². The average Bonchev–Trinajstić information content (AvgIpc) is 3.08. The van der Waals surface area contributed by atoms with E-state index in [0.29, 0.717) is 26.2 Å². The third-order valence-electron chi connectivity index (χ3n) is 3.97. The Bertz CT molecular complexity index is 733. The zero-order valence-electron chi connectivity index (χ0n) is 13.2. The summed E-state index contributed by atoms with van der Waals surface area (Å²) in [5, 5.41) is 0.872. The number of rotatable bonds is 3. The van der Waals surface area contributed by atoms with Gasteiger partial charge in [0.2, 0.25) is 5.13 Å². The number of aromatic nitrogens is 3. The van der Waals surface area contributed by atoms with Gasteiger partial charge in [0.05, 0.1) is 0 Å². The second kappa shape index (κ2) is 6.49. The van der Waals surface area contributed by atoms with E-state index in [1.807, 2.05) is 19.9 Å². The number of pyridine rings is 1. The van der Waals surface area contributed by atoms with Crippen LogP contribution in [0.3, 0.4) is 0 Å². The van der Waals surface area contributed by atoms with Crippen LogP contribution in [-0.4, -0.2) is 51.3 Å². The van der Waals surface area contributed by atoms with E-state index in [9.17, 15) is 9.59 Å². The van der Waals surface area contributed by atoms with Crippen molar-refractivity contribution in [1.82, 2.24) is 19.2 Å². The highest BCUT2D eigenvalue weighted by molar-refractivity contribution is 7.09. The van der Waals surface area contributed by atoms with Crippen LogP contribution in [0.2, 0.25) is 0 Å². The van der Waals surface area contributed by atoms with Crippen molar-refractivity contribution in [3.05, 3.63) is 40.1 Å². The summed E-state index contributed by atoms with van der Waals surface area (Å²) < 4.78 is 4.00. The van der Waals surface area contributed by atoms with Crippen LogP contribution in [0.4, 0.5) is 5.13 Å². The summed E-state index contributed by atoms with van der Waals surface area (Å²) in [6.45, 7) is 6.54. The predicted molar refractivity (Wildman–Crippen MR) is 89.2 cm³/mol. The lowest BCUT2D eigenvalue weighted by molar-refractivity contribution is 0.0745. The molecular formula is C15H19N5O2S. The number of aromatic amines is 1. The number of hydrogen-bond acceptors (Lipinski definition) is 6. The summed E-state index contributed by atoms with van der Waals surface area (Å²) in [5.41, 5.74) is 0.735. The molecule has 0 saturated carbocycles. The van der Waals surface area contributed by atoms with Crippen molar-refractivity contribution in [2.75, 3.05) is 31.1 Å². The van der Waals surface area contributed by atoms with Crippen molar-refractivity contribution >= 4 is 22.6 Å². The molecule has 1 saturated heterocycles. The van der Waals surface area contributed by atoms with E-state index in [1.54, 1.807) is 11.0 Å². The van der Waals surface area contributed by atoms with Crippen molar-refractivity contribution < 1.29 is 4.79 Å². The lowest BCUT2D eigenvalue weighted by atomic mass is 10.1. The third kappa shape index (κ3) is 3.26. The smallest absolute Gasteiger partial charge is 0.261 e. The lowest BCUT2D eigenvalue weighted by Crippen LogP contribution is -2.49. The fourth-order valence-corrected chi connectivity index (χ4v) is 3.15. The van der Waals surface area contributed by atoms with Gasteiger partial charge in [-0.2, -0.15) is 4.37 Å². The van der Waals surface area contributed by atoms with Crippen LogP contribution in [0.5, 0.6) is 0 Å². The number of carbonyl (C=O) groups excluding carboxylic acids is 1. The SMILES string of the molecule is CC(C)c1ccc(C(=O)N2CCN(c3ncns3)CC2)c(=O)[nH]1. The van der Waals surface area contributed by atoms with E-state index < -0.39 is 0 Å². The maximum Gasteiger partial charge on any atom is 0.261 e. The fraction of sp³-hybridized carbons (Fsp3) is 0.467. The molecule has 0 bridgehead atoms. The zero-order chi connectivity index (χ0) is 16.4. The number of piperazine rings is 1. The highest BCUT2D eigenvalue weighted by atomic mass is 32.1. The summed E-state index contributed by atoms with van der Waals surface area (Å²) in [6, 6.07) is 3.45. The highest BCUT2D eigenvalue weighted by Crippen LogP contribution is 2.17. The molecule has 2 aromatic rings. The standard InChI is InChI=1S/C15H19N5O2S/c1-10(2)12-4-3-11(13(21)18-12)14(22)19-5-7-20(8-6-19)15-16-9-17-23-15/h3-4,9-10H,5-8H2,1-2H3,(H,18,21). The van der Waals surface area contributed by atoms with Gasteiger partial charge in [-0.3, -0.25) is 9.59 Å². The van der Waals surface area contributed by atoms with Crippen molar-refractivity contribution in [3.63, 3.8) is 0 Å². The van der Waals surface area contributed by atoms with Gasteiger partial charge in [0.25, 0.3) is 11.5 Å². The van der Waals surface area contributed by atoms with Crippen LogP contribution >= 0.6 is 11.5 Å². The number of carbonyl (C=O) groups is 1. The second-order valence-electron chi connectivity index (χ2n) is 5.81. The predicted octanol–water partition coefficient (Wildman–Crippen LogP) is 1.31. The van der Waals surface area contributed by atoms with Gasteiger partial charge in [0.15, 0.2) is 0 Å². The molecule has 0 unspecified atom stereocenters. The molecule has 0 radical (unpaired) electrons. The van der Waals surface area contributed by atoms with Crippen molar-refractivity contribution in [3.8, 4) is 0 Å². The number of nitrogens with zero attached hydrogens (tertiary/aromatic N) is 4. The van der Waals surface area contributed by atoms with Crippen molar-refractivity contribution in [1.29, 1.82) is 0 Å². The number of anilines is 1. The maximum atomic E-state index is 12.6. The number of nitrogens with one attached hydrogen (secondary N) is 1. The number of amides is 1. The Labute approximate surface area is 138 Å². The minimum absolute atomic E-state index is 0.207. The first-order valence-electron chi connectivity index (χ1n) is 7.60. The average molecular weight is 333 g/mol. The Hall–Kier alpha value is -2.22. The minimum Gasteiger partial charge on any atom is -0.343 e. The Kier molecular flexibility index (Phi) is 4.42. The highest BCUT2D eigenvalue weighted by Gasteiger charge is 2.25. The van der Waals surface area contributed by atoms with Crippen LogP contribution in [0.15, 0.2) is 23.3 Å². The molecule has 0 atom stereocenters. The molecule has 8 heteroatoms. The van der Waals surface area contributed by atoms with Crippen molar-refractivity contribution in [2.45, 2.75) is 19.8 Å². The molecular weight excluding hydrogens is 314 g/mol. The minimum atomic E-state index is -0.312. The summed E-state index contributed by atoms with van der Waals surface area (Å²) in [4.78, 5) is 35.5. The van der Waals surface area contributed by atoms with Gasteiger partial charge in [-0.15, -0.1) is 0 Å². The molecule has 7 nitrogen and oxygen atoms in total. The normalized spacial score (nSPS) is 15.3. The first kappa shape index (κ1) is 15.7. The Morgan fingerprint density at radius 2 is 2.00 bits per heavy atom. The summed E-state index contributed by atoms with van der Waals surface area (Å²) in [6.07, 6.45) is 1.54. The van der Waals surface area contributed by atoms with Crippen LogP contribution in [0.25, 0.3) is 0 Å². The van der Waals surface area contributed by atoms with Crippen LogP contribution < -0.4 is 10.5 Å². The van der Waals surface area contributed by atoms with Gasteiger partial charge in [-0.1, -0.05) is 13.8 Å². The van der Waals surface area contributed by atoms with E-state index in [1.165, 1.54) is 17.9 Å². The van der Waals surface area contributed by atoms with E-state index in [0.717, 1.165) is 10.8 Å². The van der Waals surface area contributed by atoms with Crippen LogP contribution in [0, 0.1) is 0 Å². The number of H-pyrrole nitrogens is 1. The molecule has 1 aliphatic heterocycles. The Morgan fingerprint density at radius 1 is 1.26 bits per heavy atom. The van der Waals surface area contributed by atoms with Gasteiger partial charge in [0.1, 0.15) is 11.9 Å². The van der Waals surface area contributed by atoms with E-state index in [-0.39, 0.29) is 22.9 Å². The van der Waals surface area contributed by atoms with Gasteiger partial charge >= 0.3 is 0 Å². The van der Waals surface area contributed by atoms with Gasteiger partial charge in [0, 0.05) is 43.4 Å². The molecule has 1 N–H and O–H groups in total. The third-order valence-corrected chi connectivity index (χ3v) is 4.70. The molecule has 3 rings (SSSR count). The molecule has 1 fully saturated rings. The van der Waals surface area contributed by atoms with E-state index >= 15 is 0 Å². The second-order valence-corrected chi connectivity index (χ2v) is 6.57. The van der Waals surface area contributed by atoms with Gasteiger partial charge < -0.3 is 14.8 Å². The molecule has 0 spiro atoms. The quantitative estimate of drug-likeness (QED) is 0.916. The van der Waals surface area contributed by atoms with E-state index in [2.05, 4.69) is 19.2 Å².